The molecule has 2 aromatic rings. The van der Waals surface area contributed by atoms with Gasteiger partial charge in [0.05, 0.1) is 17.6 Å². The molecule has 9 nitrogen and oxygen atoms in total. The fraction of sp³-hybridized carbons (Fsp3) is 0.250. The number of carbonyl (C=O) groups is 5. The highest BCUT2D eigenvalue weighted by molar-refractivity contribution is 6.32. The molecule has 2 aromatic carbocycles. The summed E-state index contributed by atoms with van der Waals surface area (Å²) in [4.78, 5) is 64.9. The van der Waals surface area contributed by atoms with E-state index in [2.05, 4.69) is 5.92 Å². The average molecular weight is 499 g/mol. The van der Waals surface area contributed by atoms with E-state index in [1.807, 2.05) is 0 Å². The van der Waals surface area contributed by atoms with Gasteiger partial charge in [0, 0.05) is 23.8 Å². The first-order valence-corrected chi connectivity index (χ1v) is 11.5. The van der Waals surface area contributed by atoms with Gasteiger partial charge >= 0.3 is 0 Å². The molecule has 3 aliphatic rings. The Morgan fingerprint density at radius 1 is 1.08 bits per heavy atom. The van der Waals surface area contributed by atoms with Gasteiger partial charge in [0.2, 0.25) is 5.91 Å². The Kier molecular flexibility index (Phi) is 5.48. The highest BCUT2D eigenvalue weighted by Gasteiger charge is 2.69. The molecule has 0 saturated heterocycles. The lowest BCUT2D eigenvalue weighted by molar-refractivity contribution is -0.185. The summed E-state index contributed by atoms with van der Waals surface area (Å²) in [6.07, 6.45) is 4.66. The maximum atomic E-state index is 13.8. The van der Waals surface area contributed by atoms with Gasteiger partial charge in [-0.25, -0.2) is 0 Å². The Labute approximate surface area is 210 Å². The molecule has 0 aromatic heterocycles. The molecular weight excluding hydrogens is 478 g/mol. The number of aliphatic hydroxyl groups excluding tert-OH is 1. The van der Waals surface area contributed by atoms with Gasteiger partial charge in [0.15, 0.2) is 34.7 Å². The van der Waals surface area contributed by atoms with Gasteiger partial charge < -0.3 is 21.1 Å². The zero-order chi connectivity index (χ0) is 26.8. The summed E-state index contributed by atoms with van der Waals surface area (Å²) >= 11 is 0. The van der Waals surface area contributed by atoms with Crippen LogP contribution in [-0.4, -0.2) is 56.1 Å². The van der Waals surface area contributed by atoms with E-state index in [4.69, 9.17) is 12.2 Å². The van der Waals surface area contributed by atoms with Gasteiger partial charge in [0.25, 0.3) is 0 Å². The number of amides is 1. The van der Waals surface area contributed by atoms with Gasteiger partial charge in [-0.2, -0.15) is 0 Å². The van der Waals surface area contributed by atoms with Gasteiger partial charge in [0.1, 0.15) is 5.75 Å². The number of Topliss-reactive ketones (excluding diaryl/α,β-unsaturated/α-hetero) is 4. The van der Waals surface area contributed by atoms with Crippen molar-refractivity contribution in [3.8, 4) is 18.1 Å². The molecular formula is C28H21NO8. The van der Waals surface area contributed by atoms with Crippen LogP contribution in [0.4, 0.5) is 0 Å². The minimum absolute atomic E-state index is 0.205. The molecule has 0 spiro atoms. The highest BCUT2D eigenvalue weighted by atomic mass is 16.3. The molecule has 0 bridgehead atoms. The van der Waals surface area contributed by atoms with Crippen molar-refractivity contribution in [1.29, 1.82) is 0 Å². The Morgan fingerprint density at radius 3 is 2.38 bits per heavy atom. The zero-order valence-corrected chi connectivity index (χ0v) is 19.3. The lowest BCUT2D eigenvalue weighted by atomic mass is 9.51. The van der Waals surface area contributed by atoms with Crippen LogP contribution in [0.15, 0.2) is 42.5 Å². The van der Waals surface area contributed by atoms with E-state index in [1.54, 1.807) is 36.4 Å². The van der Waals surface area contributed by atoms with Crippen molar-refractivity contribution in [2.24, 2.45) is 29.4 Å². The normalized spacial score (nSPS) is 31.8. The first-order chi connectivity index (χ1) is 17.5. The summed E-state index contributed by atoms with van der Waals surface area (Å²) < 4.78 is 0. The van der Waals surface area contributed by atoms with Crippen LogP contribution in [0.3, 0.4) is 0 Å². The number of hydrogen-bond donors (Lipinski definition) is 4. The highest BCUT2D eigenvalue weighted by Crippen LogP contribution is 2.54. The number of hydrogen-bond acceptors (Lipinski definition) is 8. The molecule has 0 radical (unpaired) electrons. The number of primary amides is 1. The molecule has 5 rings (SSSR count). The van der Waals surface area contributed by atoms with E-state index in [0.29, 0.717) is 16.7 Å². The van der Waals surface area contributed by atoms with Crippen molar-refractivity contribution < 1.29 is 39.3 Å². The number of ketones is 4. The number of aromatic hydroxyl groups is 1. The number of aliphatic hydroxyl groups is 2. The maximum absolute atomic E-state index is 13.8. The Bertz CT molecular complexity index is 1480. The number of carbonyl (C=O) groups excluding carboxylic acids is 5. The van der Waals surface area contributed by atoms with Crippen molar-refractivity contribution in [1.82, 2.24) is 0 Å². The molecule has 2 saturated carbocycles. The molecule has 37 heavy (non-hydrogen) atoms. The fourth-order valence-electron chi connectivity index (χ4n) is 5.89. The lowest BCUT2D eigenvalue weighted by Gasteiger charge is -2.51. The second-order valence-corrected chi connectivity index (χ2v) is 9.53. The predicted octanol–water partition coefficient (Wildman–Crippen LogP) is 0.277. The molecule has 2 fully saturated rings. The number of fused-ring (bicyclic) bond motifs is 3. The molecule has 2 unspecified atom stereocenters. The van der Waals surface area contributed by atoms with Gasteiger partial charge in [-0.05, 0) is 34.9 Å². The molecule has 3 aliphatic carbocycles. The monoisotopic (exact) mass is 499 g/mol. The van der Waals surface area contributed by atoms with Gasteiger partial charge in [-0.15, -0.1) is 6.42 Å². The van der Waals surface area contributed by atoms with E-state index in [-0.39, 0.29) is 11.1 Å². The van der Waals surface area contributed by atoms with E-state index < -0.39 is 76.6 Å². The molecule has 0 heterocycles. The van der Waals surface area contributed by atoms with E-state index in [1.165, 1.54) is 12.1 Å². The van der Waals surface area contributed by atoms with Crippen molar-refractivity contribution in [2.45, 2.75) is 18.1 Å². The van der Waals surface area contributed by atoms with Crippen LogP contribution in [-0.2, 0) is 19.2 Å². The van der Waals surface area contributed by atoms with Crippen LogP contribution < -0.4 is 5.73 Å². The van der Waals surface area contributed by atoms with Gasteiger partial charge in [-0.1, -0.05) is 36.3 Å². The van der Waals surface area contributed by atoms with Crippen LogP contribution in [0.2, 0.25) is 0 Å². The quantitative estimate of drug-likeness (QED) is 0.337. The average Bonchev–Trinajstić information content (AvgIpc) is 2.86. The Balaban J connectivity index is 1.74. The zero-order valence-electron chi connectivity index (χ0n) is 19.3. The number of terminal acetylenes is 1. The van der Waals surface area contributed by atoms with Crippen molar-refractivity contribution >= 4 is 40.7 Å². The molecule has 1 amide bonds. The standard InChI is InChI=1S/C28H21NO8/c1-2-12-6-8-13(9-7-12)10-15-14-4-3-5-17(30)19(14)24(33)22-20(15)23(32)16-11-18(31)21(27(29)36)25(34)28(16,37)26(22)35/h1,3-10,16,20-23,30,32,37H,11H2,(H2,29,36)/t16-,20-,21?,22?,23-,28-/m1/s1. The molecule has 9 heteroatoms. The van der Waals surface area contributed by atoms with Crippen molar-refractivity contribution in [2.75, 3.05) is 0 Å². The van der Waals surface area contributed by atoms with Crippen LogP contribution in [0.25, 0.3) is 11.6 Å². The second kappa shape index (κ2) is 8.34. The first-order valence-electron chi connectivity index (χ1n) is 11.5. The number of rotatable bonds is 2. The first kappa shape index (κ1) is 24.3. The third-order valence-corrected chi connectivity index (χ3v) is 7.64. The summed E-state index contributed by atoms with van der Waals surface area (Å²) in [7, 11) is 0. The number of benzene rings is 2. The van der Waals surface area contributed by atoms with Crippen molar-refractivity contribution in [3.63, 3.8) is 0 Å². The van der Waals surface area contributed by atoms with E-state index in [0.717, 1.165) is 0 Å². The third-order valence-electron chi connectivity index (χ3n) is 7.64. The van der Waals surface area contributed by atoms with Crippen LogP contribution in [0.5, 0.6) is 5.75 Å². The summed E-state index contributed by atoms with van der Waals surface area (Å²) in [5, 5.41) is 33.4. The Hall–Kier alpha value is -4.39. The lowest BCUT2D eigenvalue weighted by Crippen LogP contribution is -2.72. The summed E-state index contributed by atoms with van der Waals surface area (Å²) in [5.41, 5.74) is 3.77. The number of phenolic OH excluding ortho intramolecular Hbond substituents is 1. The largest absolute Gasteiger partial charge is 0.507 e. The smallest absolute Gasteiger partial charge is 0.235 e. The van der Waals surface area contributed by atoms with Gasteiger partial charge in [-0.3, -0.25) is 24.0 Å². The van der Waals surface area contributed by atoms with Crippen molar-refractivity contribution in [3.05, 3.63) is 64.7 Å². The third kappa shape index (κ3) is 3.30. The molecule has 6 atom stereocenters. The number of phenols is 1. The van der Waals surface area contributed by atoms with Crippen LogP contribution in [0.1, 0.15) is 33.5 Å². The maximum Gasteiger partial charge on any atom is 0.235 e. The Morgan fingerprint density at radius 2 is 1.76 bits per heavy atom. The minimum atomic E-state index is -2.98. The summed E-state index contributed by atoms with van der Waals surface area (Å²) in [6.45, 7) is 0. The van der Waals surface area contributed by atoms with Crippen LogP contribution >= 0.6 is 0 Å². The molecule has 5 N–H and O–H groups in total. The predicted molar refractivity (Wildman–Crippen MR) is 128 cm³/mol. The van der Waals surface area contributed by atoms with Crippen LogP contribution in [0, 0.1) is 36.0 Å². The SMILES string of the molecule is C#Cc1ccc(C=C2c3cccc(O)c3C(=O)C3C(=O)[C@]4(O)C(=O)C(C(N)=O)C(=O)C[C@@H]4[C@@H](O)[C@H]23)cc1. The topological polar surface area (TPSA) is 172 Å². The van der Waals surface area contributed by atoms with E-state index in [9.17, 15) is 39.3 Å². The number of nitrogens with two attached hydrogens (primary N) is 1. The summed E-state index contributed by atoms with van der Waals surface area (Å²) in [6, 6.07) is 11.0. The second-order valence-electron chi connectivity index (χ2n) is 9.53. The fourth-order valence-corrected chi connectivity index (χ4v) is 5.89. The summed E-state index contributed by atoms with van der Waals surface area (Å²) in [5.74, 6) is -10.5. The molecule has 0 aliphatic heterocycles. The minimum Gasteiger partial charge on any atom is -0.507 e. The molecule has 186 valence electrons. The van der Waals surface area contributed by atoms with E-state index >= 15 is 0 Å².